The summed E-state index contributed by atoms with van der Waals surface area (Å²) < 4.78 is 0. The lowest BCUT2D eigenvalue weighted by molar-refractivity contribution is 0.295. The van der Waals surface area contributed by atoms with Gasteiger partial charge in [0.1, 0.15) is 0 Å². The molecule has 0 bridgehead atoms. The van der Waals surface area contributed by atoms with E-state index in [-0.39, 0.29) is 5.66 Å². The molecule has 0 aromatic rings. The molecule has 1 unspecified atom stereocenters. The molecule has 4 nitrogen and oxygen atoms in total. The first-order chi connectivity index (χ1) is 6.46. The first-order valence-corrected chi connectivity index (χ1v) is 5.27. The minimum Gasteiger partial charge on any atom is -0.309 e. The van der Waals surface area contributed by atoms with Gasteiger partial charge in [-0.05, 0) is 41.0 Å². The van der Waals surface area contributed by atoms with E-state index in [0.29, 0.717) is 0 Å². The van der Waals surface area contributed by atoms with Crippen molar-refractivity contribution in [2.24, 2.45) is 0 Å². The zero-order valence-corrected chi connectivity index (χ0v) is 10.2. The van der Waals surface area contributed by atoms with E-state index in [2.05, 4.69) is 55.5 Å². The molecular weight excluding hydrogens is 176 g/mol. The van der Waals surface area contributed by atoms with E-state index >= 15 is 0 Å². The molecule has 0 radical (unpaired) electrons. The van der Waals surface area contributed by atoms with Crippen LogP contribution in [0, 0.1) is 0 Å². The second-order valence-electron chi connectivity index (χ2n) is 4.81. The molecule has 4 heteroatoms. The van der Waals surface area contributed by atoms with Crippen LogP contribution in [0.4, 0.5) is 0 Å². The van der Waals surface area contributed by atoms with Crippen LogP contribution in [0.2, 0.25) is 0 Å². The fourth-order valence-corrected chi connectivity index (χ4v) is 1.68. The summed E-state index contributed by atoms with van der Waals surface area (Å²) in [5.74, 6) is 0. The van der Waals surface area contributed by atoms with Gasteiger partial charge in [0.25, 0.3) is 0 Å². The number of nitrogens with zero attached hydrogens (tertiary/aromatic N) is 3. The third-order valence-electron chi connectivity index (χ3n) is 2.91. The Morgan fingerprint density at radius 1 is 1.00 bits per heavy atom. The van der Waals surface area contributed by atoms with Crippen molar-refractivity contribution in [2.45, 2.75) is 18.5 Å². The van der Waals surface area contributed by atoms with E-state index in [0.717, 1.165) is 13.1 Å². The Labute approximate surface area is 87.8 Å². The van der Waals surface area contributed by atoms with Crippen LogP contribution in [-0.4, -0.2) is 68.8 Å². The monoisotopic (exact) mass is 200 g/mol. The van der Waals surface area contributed by atoms with E-state index in [1.54, 1.807) is 0 Å². The first kappa shape index (κ1) is 11.9. The van der Waals surface area contributed by atoms with Crippen LogP contribution in [-0.2, 0) is 0 Å². The highest BCUT2D eigenvalue weighted by Gasteiger charge is 2.47. The first-order valence-electron chi connectivity index (χ1n) is 5.27. The molecule has 14 heavy (non-hydrogen) atoms. The lowest BCUT2D eigenvalue weighted by atomic mass is 10.1. The Balaban J connectivity index is 2.28. The smallest absolute Gasteiger partial charge is 0.0995 e. The zero-order valence-electron chi connectivity index (χ0n) is 10.2. The van der Waals surface area contributed by atoms with Crippen LogP contribution in [0.25, 0.3) is 0 Å². The minimum absolute atomic E-state index is 0.272. The van der Waals surface area contributed by atoms with E-state index in [1.165, 1.54) is 12.8 Å². The summed E-state index contributed by atoms with van der Waals surface area (Å²) in [7, 11) is 10.6. The highest BCUT2D eigenvalue weighted by Crippen LogP contribution is 2.30. The van der Waals surface area contributed by atoms with Crippen molar-refractivity contribution < 1.29 is 0 Å². The summed E-state index contributed by atoms with van der Waals surface area (Å²) in [5, 5.41) is 2.24. The number of nitrogens with one attached hydrogen (secondary N) is 1. The number of hydrazine groups is 1. The molecule has 0 spiro atoms. The van der Waals surface area contributed by atoms with Gasteiger partial charge in [-0.1, -0.05) is 0 Å². The molecule has 1 atom stereocenters. The minimum atomic E-state index is 0.272. The predicted octanol–water partition coefficient (Wildman–Crippen LogP) is 0.0361. The molecule has 1 aliphatic heterocycles. The van der Waals surface area contributed by atoms with Gasteiger partial charge in [-0.15, -0.1) is 0 Å². The summed E-state index contributed by atoms with van der Waals surface area (Å²) >= 11 is 0. The maximum absolute atomic E-state index is 3.44. The molecule has 0 saturated carbocycles. The van der Waals surface area contributed by atoms with Gasteiger partial charge < -0.3 is 9.80 Å². The van der Waals surface area contributed by atoms with Crippen LogP contribution in [0.5, 0.6) is 0 Å². The molecule has 1 N–H and O–H groups in total. The molecule has 84 valence electrons. The Morgan fingerprint density at radius 2 is 1.36 bits per heavy atom. The quantitative estimate of drug-likeness (QED) is 0.613. The third kappa shape index (κ3) is 3.20. The molecule has 0 aromatic carbocycles. The molecule has 1 rings (SSSR count). The third-order valence-corrected chi connectivity index (χ3v) is 2.91. The van der Waals surface area contributed by atoms with Crippen molar-refractivity contribution in [3.05, 3.63) is 0 Å². The average molecular weight is 200 g/mol. The van der Waals surface area contributed by atoms with Gasteiger partial charge in [0.15, 0.2) is 0 Å². The van der Waals surface area contributed by atoms with Crippen LogP contribution in [0.15, 0.2) is 0 Å². The Kier molecular flexibility index (Phi) is 3.89. The highest BCUT2D eigenvalue weighted by atomic mass is 15.8. The maximum Gasteiger partial charge on any atom is 0.0995 e. The highest BCUT2D eigenvalue weighted by molar-refractivity contribution is 4.96. The molecule has 0 aromatic heterocycles. The SMILES string of the molecule is CN(C)CCC1(CCN(C)C)NN1C. The Bertz CT molecular complexity index is 167. The van der Waals surface area contributed by atoms with Gasteiger partial charge in [0, 0.05) is 20.1 Å². The standard InChI is InChI=1S/C10H24N4/c1-12(2)8-6-10(11-14(10)5)7-9-13(3)4/h11H,6-9H2,1-5H3. The summed E-state index contributed by atoms with van der Waals surface area (Å²) in [4.78, 5) is 4.48. The van der Waals surface area contributed by atoms with Crippen LogP contribution in [0.1, 0.15) is 12.8 Å². The number of hydrogen-bond acceptors (Lipinski definition) is 4. The summed E-state index contributed by atoms with van der Waals surface area (Å²) in [6, 6.07) is 0. The predicted molar refractivity (Wildman–Crippen MR) is 60.0 cm³/mol. The van der Waals surface area contributed by atoms with Gasteiger partial charge in [-0.2, -0.15) is 0 Å². The van der Waals surface area contributed by atoms with Crippen LogP contribution in [0.3, 0.4) is 0 Å². The van der Waals surface area contributed by atoms with Crippen molar-refractivity contribution in [1.29, 1.82) is 0 Å². The molecule has 0 amide bonds. The number of rotatable bonds is 6. The van der Waals surface area contributed by atoms with Crippen LogP contribution < -0.4 is 5.43 Å². The van der Waals surface area contributed by atoms with Gasteiger partial charge in [0.05, 0.1) is 5.66 Å². The van der Waals surface area contributed by atoms with Crippen molar-refractivity contribution in [3.63, 3.8) is 0 Å². The molecule has 1 heterocycles. The topological polar surface area (TPSA) is 31.4 Å². The van der Waals surface area contributed by atoms with E-state index in [1.807, 2.05) is 0 Å². The van der Waals surface area contributed by atoms with Gasteiger partial charge in [-0.25, -0.2) is 10.4 Å². The molecular formula is C10H24N4. The second kappa shape index (κ2) is 4.57. The molecule has 1 fully saturated rings. The summed E-state index contributed by atoms with van der Waals surface area (Å²) in [6.45, 7) is 2.29. The summed E-state index contributed by atoms with van der Waals surface area (Å²) in [5.41, 5.74) is 3.71. The van der Waals surface area contributed by atoms with E-state index in [4.69, 9.17) is 0 Å². The fraction of sp³-hybridized carbons (Fsp3) is 1.00. The molecule has 1 saturated heterocycles. The van der Waals surface area contributed by atoms with Crippen LogP contribution >= 0.6 is 0 Å². The van der Waals surface area contributed by atoms with Gasteiger partial charge >= 0.3 is 0 Å². The van der Waals surface area contributed by atoms with Crippen molar-refractivity contribution >= 4 is 0 Å². The Hall–Kier alpha value is -0.160. The molecule has 1 aliphatic rings. The Morgan fingerprint density at radius 3 is 1.57 bits per heavy atom. The normalized spacial score (nSPS) is 24.6. The number of hydrogen-bond donors (Lipinski definition) is 1. The van der Waals surface area contributed by atoms with E-state index < -0.39 is 0 Å². The lowest BCUT2D eigenvalue weighted by Crippen LogP contribution is -2.29. The van der Waals surface area contributed by atoms with Crippen molar-refractivity contribution in [3.8, 4) is 0 Å². The van der Waals surface area contributed by atoms with E-state index in [9.17, 15) is 0 Å². The fourth-order valence-electron chi connectivity index (χ4n) is 1.68. The van der Waals surface area contributed by atoms with Crippen molar-refractivity contribution in [1.82, 2.24) is 20.2 Å². The lowest BCUT2D eigenvalue weighted by Gasteiger charge is -2.19. The summed E-state index contributed by atoms with van der Waals surface area (Å²) in [6.07, 6.45) is 2.40. The maximum atomic E-state index is 3.44. The second-order valence-corrected chi connectivity index (χ2v) is 4.81. The van der Waals surface area contributed by atoms with Gasteiger partial charge in [-0.3, -0.25) is 0 Å². The molecule has 0 aliphatic carbocycles. The van der Waals surface area contributed by atoms with Gasteiger partial charge in [0.2, 0.25) is 0 Å². The van der Waals surface area contributed by atoms with Crippen molar-refractivity contribution in [2.75, 3.05) is 48.3 Å². The zero-order chi connectivity index (χ0) is 10.8. The largest absolute Gasteiger partial charge is 0.309 e. The average Bonchev–Trinajstić information content (AvgIpc) is 2.71.